The van der Waals surface area contributed by atoms with Gasteiger partial charge in [0.05, 0.1) is 10.6 Å². The van der Waals surface area contributed by atoms with Crippen molar-refractivity contribution in [2.45, 2.75) is 26.4 Å². The lowest BCUT2D eigenvalue weighted by Crippen LogP contribution is -2.18. The van der Waals surface area contributed by atoms with E-state index in [4.69, 9.17) is 11.6 Å². The molecule has 0 bridgehead atoms. The molecule has 20 heavy (non-hydrogen) atoms. The monoisotopic (exact) mass is 305 g/mol. The van der Waals surface area contributed by atoms with Crippen LogP contribution in [0.25, 0.3) is 5.82 Å². The second-order valence-electron chi connectivity index (χ2n) is 4.24. The summed E-state index contributed by atoms with van der Waals surface area (Å²) < 4.78 is 38.6. The van der Waals surface area contributed by atoms with E-state index < -0.39 is 11.7 Å². The molecular formula is C12H11ClF3N3O. The SMILES string of the molecule is CCc1[nH]n(-c2ncc(C(F)(F)F)cc2Cl)c(=O)c1C. The van der Waals surface area contributed by atoms with Gasteiger partial charge in [0.1, 0.15) is 0 Å². The van der Waals surface area contributed by atoms with Gasteiger partial charge in [-0.1, -0.05) is 18.5 Å². The fourth-order valence-electron chi connectivity index (χ4n) is 1.81. The second kappa shape index (κ2) is 4.97. The van der Waals surface area contributed by atoms with Crippen molar-refractivity contribution in [1.29, 1.82) is 0 Å². The number of aromatic nitrogens is 3. The van der Waals surface area contributed by atoms with Crippen LogP contribution in [0.1, 0.15) is 23.7 Å². The van der Waals surface area contributed by atoms with Gasteiger partial charge < -0.3 is 0 Å². The molecule has 0 aliphatic rings. The first-order chi connectivity index (χ1) is 9.25. The molecule has 2 rings (SSSR count). The zero-order valence-corrected chi connectivity index (χ0v) is 11.4. The molecule has 0 radical (unpaired) electrons. The van der Waals surface area contributed by atoms with Crippen molar-refractivity contribution in [2.24, 2.45) is 0 Å². The molecule has 0 aromatic carbocycles. The lowest BCUT2D eigenvalue weighted by molar-refractivity contribution is -0.137. The van der Waals surface area contributed by atoms with Crippen molar-refractivity contribution < 1.29 is 13.2 Å². The van der Waals surface area contributed by atoms with Crippen molar-refractivity contribution in [3.8, 4) is 5.82 Å². The molecule has 0 aliphatic heterocycles. The lowest BCUT2D eigenvalue weighted by Gasteiger charge is -2.09. The first kappa shape index (κ1) is 14.6. The molecule has 0 amide bonds. The molecule has 0 saturated carbocycles. The van der Waals surface area contributed by atoms with Gasteiger partial charge in [0.2, 0.25) is 0 Å². The number of nitrogens with one attached hydrogen (secondary N) is 1. The molecule has 0 aliphatic carbocycles. The Balaban J connectivity index is 2.58. The van der Waals surface area contributed by atoms with Crippen molar-refractivity contribution >= 4 is 11.6 Å². The van der Waals surface area contributed by atoms with Gasteiger partial charge in [-0.25, -0.2) is 4.98 Å². The number of alkyl halides is 3. The Morgan fingerprint density at radius 2 is 2.10 bits per heavy atom. The molecule has 8 heteroatoms. The Kier molecular flexibility index (Phi) is 3.64. The number of rotatable bonds is 2. The van der Waals surface area contributed by atoms with E-state index in [-0.39, 0.29) is 16.4 Å². The molecule has 0 atom stereocenters. The van der Waals surface area contributed by atoms with Crippen LogP contribution in [0.2, 0.25) is 5.02 Å². The Hall–Kier alpha value is -1.76. The molecule has 2 aromatic heterocycles. The zero-order valence-electron chi connectivity index (χ0n) is 10.7. The lowest BCUT2D eigenvalue weighted by atomic mass is 10.2. The van der Waals surface area contributed by atoms with E-state index in [0.29, 0.717) is 23.9 Å². The average molecular weight is 306 g/mol. The summed E-state index contributed by atoms with van der Waals surface area (Å²) in [5.74, 6) is -0.0486. The third-order valence-corrected chi connectivity index (χ3v) is 3.22. The van der Waals surface area contributed by atoms with Gasteiger partial charge in [0, 0.05) is 17.5 Å². The smallest absolute Gasteiger partial charge is 0.293 e. The quantitative estimate of drug-likeness (QED) is 0.927. The molecule has 2 aromatic rings. The van der Waals surface area contributed by atoms with E-state index in [9.17, 15) is 18.0 Å². The van der Waals surface area contributed by atoms with Crippen LogP contribution < -0.4 is 5.56 Å². The third-order valence-electron chi connectivity index (χ3n) is 2.94. The number of halogens is 4. The minimum Gasteiger partial charge on any atom is -0.293 e. The van der Waals surface area contributed by atoms with E-state index >= 15 is 0 Å². The van der Waals surface area contributed by atoms with Crippen LogP contribution in [0, 0.1) is 6.92 Å². The minimum absolute atomic E-state index is 0.0486. The van der Waals surface area contributed by atoms with Crippen LogP contribution in [-0.2, 0) is 12.6 Å². The van der Waals surface area contributed by atoms with E-state index in [1.54, 1.807) is 6.92 Å². The van der Waals surface area contributed by atoms with E-state index in [1.807, 2.05) is 6.92 Å². The van der Waals surface area contributed by atoms with Crippen molar-refractivity contribution in [3.05, 3.63) is 44.5 Å². The predicted molar refractivity (Wildman–Crippen MR) is 68.3 cm³/mol. The van der Waals surface area contributed by atoms with Crippen molar-refractivity contribution in [2.75, 3.05) is 0 Å². The number of pyridine rings is 1. The van der Waals surface area contributed by atoms with E-state index in [1.165, 1.54) is 0 Å². The molecule has 2 heterocycles. The van der Waals surface area contributed by atoms with Crippen LogP contribution in [0.5, 0.6) is 0 Å². The highest BCUT2D eigenvalue weighted by molar-refractivity contribution is 6.32. The molecule has 0 unspecified atom stereocenters. The summed E-state index contributed by atoms with van der Waals surface area (Å²) in [6.07, 6.45) is -3.29. The maximum atomic E-state index is 12.5. The fraction of sp³-hybridized carbons (Fsp3) is 0.333. The molecule has 0 fully saturated rings. The summed E-state index contributed by atoms with van der Waals surface area (Å²) in [5.41, 5.74) is -0.160. The highest BCUT2D eigenvalue weighted by atomic mass is 35.5. The van der Waals surface area contributed by atoms with Crippen LogP contribution in [0.4, 0.5) is 13.2 Å². The normalized spacial score (nSPS) is 11.9. The Morgan fingerprint density at radius 3 is 2.55 bits per heavy atom. The number of hydrogen-bond donors (Lipinski definition) is 1. The molecule has 4 nitrogen and oxygen atoms in total. The number of H-pyrrole nitrogens is 1. The molecule has 1 N–H and O–H groups in total. The zero-order chi connectivity index (χ0) is 15.1. The predicted octanol–water partition coefficient (Wildman–Crippen LogP) is 3.10. The van der Waals surface area contributed by atoms with Gasteiger partial charge in [-0.05, 0) is 19.4 Å². The van der Waals surface area contributed by atoms with Gasteiger partial charge in [0.15, 0.2) is 5.82 Å². The molecular weight excluding hydrogens is 295 g/mol. The van der Waals surface area contributed by atoms with Gasteiger partial charge in [0.25, 0.3) is 5.56 Å². The van der Waals surface area contributed by atoms with Gasteiger partial charge >= 0.3 is 6.18 Å². The standard InChI is InChI=1S/C12H11ClF3N3O/c1-3-9-6(2)11(20)19(18-9)10-8(13)4-7(5-17-10)12(14,15)16/h4-5,18H,3H2,1-2H3. The molecule has 0 spiro atoms. The topological polar surface area (TPSA) is 50.7 Å². The maximum Gasteiger partial charge on any atom is 0.417 e. The summed E-state index contributed by atoms with van der Waals surface area (Å²) in [6.45, 7) is 3.48. The summed E-state index contributed by atoms with van der Waals surface area (Å²) in [5, 5.41) is 2.55. The van der Waals surface area contributed by atoms with Gasteiger partial charge in [-0.2, -0.15) is 17.9 Å². The first-order valence-corrected chi connectivity index (χ1v) is 6.17. The molecule has 0 saturated heterocycles. The van der Waals surface area contributed by atoms with E-state index in [0.717, 1.165) is 10.7 Å². The van der Waals surface area contributed by atoms with Crippen LogP contribution in [0.15, 0.2) is 17.1 Å². The summed E-state index contributed by atoms with van der Waals surface area (Å²) in [4.78, 5) is 15.6. The maximum absolute atomic E-state index is 12.5. The van der Waals surface area contributed by atoms with Crippen molar-refractivity contribution in [3.63, 3.8) is 0 Å². The van der Waals surface area contributed by atoms with Crippen molar-refractivity contribution in [1.82, 2.24) is 14.8 Å². The highest BCUT2D eigenvalue weighted by Crippen LogP contribution is 2.31. The number of hydrogen-bond acceptors (Lipinski definition) is 2. The van der Waals surface area contributed by atoms with Gasteiger partial charge in [-0.3, -0.25) is 9.89 Å². The highest BCUT2D eigenvalue weighted by Gasteiger charge is 2.32. The van der Waals surface area contributed by atoms with E-state index in [2.05, 4.69) is 10.1 Å². The Morgan fingerprint density at radius 1 is 1.45 bits per heavy atom. The summed E-state index contributed by atoms with van der Waals surface area (Å²) in [7, 11) is 0. The fourth-order valence-corrected chi connectivity index (χ4v) is 2.06. The number of nitrogens with zero attached hydrogens (tertiary/aromatic N) is 2. The molecule has 108 valence electrons. The average Bonchev–Trinajstić information content (AvgIpc) is 2.65. The third kappa shape index (κ3) is 2.45. The van der Waals surface area contributed by atoms with Crippen LogP contribution in [-0.4, -0.2) is 14.8 Å². The summed E-state index contributed by atoms with van der Waals surface area (Å²) >= 11 is 5.80. The number of aryl methyl sites for hydroxylation is 1. The summed E-state index contributed by atoms with van der Waals surface area (Å²) in [6, 6.07) is 0.748. The Bertz CT molecular complexity index is 703. The van der Waals surface area contributed by atoms with Gasteiger partial charge in [-0.15, -0.1) is 0 Å². The van der Waals surface area contributed by atoms with Crippen LogP contribution in [0.3, 0.4) is 0 Å². The minimum atomic E-state index is -4.53. The second-order valence-corrected chi connectivity index (χ2v) is 4.64. The van der Waals surface area contributed by atoms with Crippen LogP contribution >= 0.6 is 11.6 Å². The largest absolute Gasteiger partial charge is 0.417 e. The number of aromatic amines is 1. The first-order valence-electron chi connectivity index (χ1n) is 5.79. The Labute approximate surface area is 117 Å².